The second-order valence-electron chi connectivity index (χ2n) is 3.00. The second-order valence-corrected chi connectivity index (χ2v) is 3.86. The molecule has 1 aromatic carbocycles. The first kappa shape index (κ1) is 10.4. The van der Waals surface area contributed by atoms with Gasteiger partial charge < -0.3 is 5.32 Å². The van der Waals surface area contributed by atoms with Gasteiger partial charge in [0.15, 0.2) is 5.01 Å². The molecule has 0 atom stereocenters. The Kier molecular flexibility index (Phi) is 2.99. The van der Waals surface area contributed by atoms with E-state index in [1.807, 2.05) is 18.2 Å². The SMILES string of the molecule is C#Cc1nc(NC(=O)c2ccccc2)cs1. The van der Waals surface area contributed by atoms with Gasteiger partial charge in [0.05, 0.1) is 0 Å². The van der Waals surface area contributed by atoms with E-state index < -0.39 is 0 Å². The average molecular weight is 228 g/mol. The number of hydrogen-bond acceptors (Lipinski definition) is 3. The summed E-state index contributed by atoms with van der Waals surface area (Å²) >= 11 is 1.32. The number of nitrogens with zero attached hydrogens (tertiary/aromatic N) is 1. The number of nitrogens with one attached hydrogen (secondary N) is 1. The predicted molar refractivity (Wildman–Crippen MR) is 64.4 cm³/mol. The van der Waals surface area contributed by atoms with E-state index in [0.29, 0.717) is 16.4 Å². The Balaban J connectivity index is 2.11. The second kappa shape index (κ2) is 4.60. The Morgan fingerprint density at radius 1 is 1.38 bits per heavy atom. The van der Waals surface area contributed by atoms with Gasteiger partial charge in [-0.2, -0.15) is 0 Å². The van der Waals surface area contributed by atoms with Crippen molar-refractivity contribution in [2.75, 3.05) is 5.32 Å². The van der Waals surface area contributed by atoms with Gasteiger partial charge in [0.1, 0.15) is 5.82 Å². The molecule has 0 spiro atoms. The van der Waals surface area contributed by atoms with Crippen LogP contribution in [0.15, 0.2) is 35.7 Å². The van der Waals surface area contributed by atoms with Gasteiger partial charge in [-0.25, -0.2) is 4.98 Å². The Hall–Kier alpha value is -2.12. The van der Waals surface area contributed by atoms with E-state index in [2.05, 4.69) is 16.2 Å². The van der Waals surface area contributed by atoms with Crippen LogP contribution >= 0.6 is 11.3 Å². The van der Waals surface area contributed by atoms with Crippen LogP contribution in [0.25, 0.3) is 0 Å². The number of benzene rings is 1. The fraction of sp³-hybridized carbons (Fsp3) is 0. The zero-order valence-electron chi connectivity index (χ0n) is 8.31. The molecule has 0 saturated heterocycles. The fourth-order valence-corrected chi connectivity index (χ4v) is 1.73. The van der Waals surface area contributed by atoms with Gasteiger partial charge in [0.2, 0.25) is 0 Å². The van der Waals surface area contributed by atoms with Crippen molar-refractivity contribution in [3.8, 4) is 12.3 Å². The van der Waals surface area contributed by atoms with Crippen molar-refractivity contribution in [1.29, 1.82) is 0 Å². The fourth-order valence-electron chi connectivity index (χ4n) is 1.18. The predicted octanol–water partition coefficient (Wildman–Crippen LogP) is 2.38. The molecule has 0 radical (unpaired) electrons. The summed E-state index contributed by atoms with van der Waals surface area (Å²) in [7, 11) is 0. The summed E-state index contributed by atoms with van der Waals surface area (Å²) in [5, 5.41) is 4.95. The van der Waals surface area contributed by atoms with E-state index in [0.717, 1.165) is 0 Å². The van der Waals surface area contributed by atoms with Crippen molar-refractivity contribution < 1.29 is 4.79 Å². The van der Waals surface area contributed by atoms with Crippen molar-refractivity contribution in [3.63, 3.8) is 0 Å². The molecule has 1 N–H and O–H groups in total. The van der Waals surface area contributed by atoms with Gasteiger partial charge in [-0.1, -0.05) is 18.2 Å². The quantitative estimate of drug-likeness (QED) is 0.802. The van der Waals surface area contributed by atoms with Crippen LogP contribution in [0.3, 0.4) is 0 Å². The summed E-state index contributed by atoms with van der Waals surface area (Å²) in [6, 6.07) is 8.95. The lowest BCUT2D eigenvalue weighted by Crippen LogP contribution is -2.11. The van der Waals surface area contributed by atoms with Gasteiger partial charge >= 0.3 is 0 Å². The number of hydrogen-bond donors (Lipinski definition) is 1. The van der Waals surface area contributed by atoms with Gasteiger partial charge in [0.25, 0.3) is 5.91 Å². The Bertz CT molecular complexity index is 540. The topological polar surface area (TPSA) is 42.0 Å². The van der Waals surface area contributed by atoms with Crippen molar-refractivity contribution >= 4 is 23.1 Å². The number of carbonyl (C=O) groups is 1. The third-order valence-electron chi connectivity index (χ3n) is 1.91. The number of aromatic nitrogens is 1. The Labute approximate surface area is 97.2 Å². The van der Waals surface area contributed by atoms with Gasteiger partial charge in [0, 0.05) is 10.9 Å². The number of anilines is 1. The zero-order chi connectivity index (χ0) is 11.4. The van der Waals surface area contributed by atoms with E-state index in [1.165, 1.54) is 11.3 Å². The maximum absolute atomic E-state index is 11.7. The molecule has 1 heterocycles. The van der Waals surface area contributed by atoms with Crippen molar-refractivity contribution in [2.45, 2.75) is 0 Å². The van der Waals surface area contributed by atoms with Crippen LogP contribution in [0.4, 0.5) is 5.82 Å². The third-order valence-corrected chi connectivity index (χ3v) is 2.68. The molecule has 2 rings (SSSR count). The molecule has 16 heavy (non-hydrogen) atoms. The lowest BCUT2D eigenvalue weighted by atomic mass is 10.2. The largest absolute Gasteiger partial charge is 0.306 e. The van der Waals surface area contributed by atoms with Crippen molar-refractivity contribution in [2.24, 2.45) is 0 Å². The maximum Gasteiger partial charge on any atom is 0.256 e. The summed E-state index contributed by atoms with van der Waals surface area (Å²) in [5.74, 6) is 2.72. The molecule has 0 fully saturated rings. The van der Waals surface area contributed by atoms with E-state index >= 15 is 0 Å². The summed E-state index contributed by atoms with van der Waals surface area (Å²) in [5.41, 5.74) is 0.595. The lowest BCUT2D eigenvalue weighted by molar-refractivity contribution is 0.102. The first-order chi connectivity index (χ1) is 7.79. The van der Waals surface area contributed by atoms with Crippen LogP contribution in [-0.2, 0) is 0 Å². The Morgan fingerprint density at radius 2 is 2.12 bits per heavy atom. The van der Waals surface area contributed by atoms with Crippen LogP contribution < -0.4 is 5.32 Å². The standard InChI is InChI=1S/C12H8N2OS/c1-2-11-13-10(8-16-11)14-12(15)9-6-4-3-5-7-9/h1,3-8H,(H,14,15). The highest BCUT2D eigenvalue weighted by molar-refractivity contribution is 7.10. The minimum Gasteiger partial charge on any atom is -0.306 e. The summed E-state index contributed by atoms with van der Waals surface area (Å²) < 4.78 is 0. The zero-order valence-corrected chi connectivity index (χ0v) is 9.12. The van der Waals surface area contributed by atoms with E-state index in [9.17, 15) is 4.79 Å². The molecule has 78 valence electrons. The molecule has 1 aromatic heterocycles. The highest BCUT2D eigenvalue weighted by Gasteiger charge is 2.06. The highest BCUT2D eigenvalue weighted by Crippen LogP contribution is 2.13. The minimum atomic E-state index is -0.186. The molecule has 0 unspecified atom stereocenters. The number of thiazole rings is 1. The maximum atomic E-state index is 11.7. The monoisotopic (exact) mass is 228 g/mol. The molecule has 4 heteroatoms. The van der Waals surface area contributed by atoms with Gasteiger partial charge in [-0.3, -0.25) is 4.79 Å². The van der Waals surface area contributed by atoms with E-state index in [-0.39, 0.29) is 5.91 Å². The third kappa shape index (κ3) is 2.27. The van der Waals surface area contributed by atoms with Gasteiger partial charge in [-0.15, -0.1) is 17.8 Å². The molecule has 2 aromatic rings. The summed E-state index contributed by atoms with van der Waals surface area (Å²) in [6.07, 6.45) is 5.19. The Morgan fingerprint density at radius 3 is 2.75 bits per heavy atom. The molecule has 0 aliphatic carbocycles. The molecule has 3 nitrogen and oxygen atoms in total. The minimum absolute atomic E-state index is 0.186. The lowest BCUT2D eigenvalue weighted by Gasteiger charge is -2.00. The number of terminal acetylenes is 1. The van der Waals surface area contributed by atoms with E-state index in [1.54, 1.807) is 17.5 Å². The van der Waals surface area contributed by atoms with Crippen LogP contribution in [0, 0.1) is 12.3 Å². The molecule has 0 saturated carbocycles. The van der Waals surface area contributed by atoms with Crippen LogP contribution in [0.1, 0.15) is 15.4 Å². The van der Waals surface area contributed by atoms with E-state index in [4.69, 9.17) is 6.42 Å². The summed E-state index contributed by atoms with van der Waals surface area (Å²) in [4.78, 5) is 15.8. The van der Waals surface area contributed by atoms with Crippen LogP contribution in [-0.4, -0.2) is 10.9 Å². The molecule has 0 aliphatic heterocycles. The molecular weight excluding hydrogens is 220 g/mol. The first-order valence-corrected chi connectivity index (χ1v) is 5.46. The first-order valence-electron chi connectivity index (χ1n) is 4.58. The highest BCUT2D eigenvalue weighted by atomic mass is 32.1. The van der Waals surface area contributed by atoms with Crippen LogP contribution in [0.5, 0.6) is 0 Å². The van der Waals surface area contributed by atoms with Crippen LogP contribution in [0.2, 0.25) is 0 Å². The molecular formula is C12H8N2OS. The number of rotatable bonds is 2. The summed E-state index contributed by atoms with van der Waals surface area (Å²) in [6.45, 7) is 0. The molecule has 1 amide bonds. The van der Waals surface area contributed by atoms with Gasteiger partial charge in [-0.05, 0) is 18.1 Å². The average Bonchev–Trinajstić information content (AvgIpc) is 2.78. The normalized spacial score (nSPS) is 9.44. The number of carbonyl (C=O) groups excluding carboxylic acids is 1. The smallest absolute Gasteiger partial charge is 0.256 e. The van der Waals surface area contributed by atoms with Crippen molar-refractivity contribution in [3.05, 3.63) is 46.3 Å². The number of amides is 1. The van der Waals surface area contributed by atoms with Crippen molar-refractivity contribution in [1.82, 2.24) is 4.98 Å². The molecule has 0 bridgehead atoms. The molecule has 0 aliphatic rings.